The maximum Gasteiger partial charge on any atom is 0.410 e. The molecule has 2 heterocycles. The minimum atomic E-state index is -4.02. The summed E-state index contributed by atoms with van der Waals surface area (Å²) in [6, 6.07) is 1.75. The number of likely N-dealkylation sites (tertiary alicyclic amines) is 1. The third kappa shape index (κ3) is 9.60. The first kappa shape index (κ1) is 40.2. The molecule has 2 aliphatic heterocycles. The van der Waals surface area contributed by atoms with Crippen LogP contribution in [0.5, 0.6) is 0 Å². The van der Waals surface area contributed by atoms with Gasteiger partial charge in [0.05, 0.1) is 23.9 Å². The van der Waals surface area contributed by atoms with E-state index in [1.807, 2.05) is 0 Å². The number of nitrogens with zero attached hydrogens (tertiary/aromatic N) is 2. The zero-order valence-electron chi connectivity index (χ0n) is 29.6. The second-order valence-corrected chi connectivity index (χ2v) is 18.1. The molecule has 0 aromatic heterocycles. The summed E-state index contributed by atoms with van der Waals surface area (Å²) in [6.07, 6.45) is 0.105. The maximum absolute atomic E-state index is 14.4. The van der Waals surface area contributed by atoms with Crippen LogP contribution in [0.15, 0.2) is 42.8 Å². The molecule has 1 saturated heterocycles. The number of benzene rings is 1. The van der Waals surface area contributed by atoms with Crippen molar-refractivity contribution < 1.29 is 54.9 Å². The SMILES string of the molecule is C=C[C@@H]1C[C@]1(NC(=O)[C@@H]1C[C@@H](OC(=O)N2Cc3cccc(F)c3C2)CN1C(=O)[C@H](CNS(=O)(=O)C=C)NCOOC(C)(C)C)C(=O)NS(=O)(=O)C1CC1. The predicted octanol–water partition coefficient (Wildman–Crippen LogP) is 0.642. The molecule has 3 fully saturated rings. The van der Waals surface area contributed by atoms with Crippen LogP contribution >= 0.6 is 0 Å². The van der Waals surface area contributed by atoms with E-state index in [0.29, 0.717) is 29.4 Å². The molecule has 1 aromatic rings. The Hall–Kier alpha value is -3.95. The van der Waals surface area contributed by atoms with E-state index in [0.717, 1.165) is 4.90 Å². The smallest absolute Gasteiger partial charge is 0.410 e. The van der Waals surface area contributed by atoms with E-state index in [-0.39, 0.29) is 32.5 Å². The highest BCUT2D eigenvalue weighted by molar-refractivity contribution is 7.92. The highest BCUT2D eigenvalue weighted by Crippen LogP contribution is 2.45. The fourth-order valence-electron chi connectivity index (χ4n) is 6.17. The van der Waals surface area contributed by atoms with Crippen LogP contribution in [0.25, 0.3) is 0 Å². The molecule has 0 radical (unpaired) electrons. The molecule has 0 bridgehead atoms. The zero-order valence-corrected chi connectivity index (χ0v) is 31.3. The Labute approximate surface area is 307 Å². The van der Waals surface area contributed by atoms with Crippen molar-refractivity contribution >= 4 is 43.9 Å². The minimum Gasteiger partial charge on any atom is -0.444 e. The summed E-state index contributed by atoms with van der Waals surface area (Å²) in [7, 11) is -8.00. The van der Waals surface area contributed by atoms with Crippen LogP contribution in [0.4, 0.5) is 9.18 Å². The van der Waals surface area contributed by atoms with Crippen LogP contribution < -0.4 is 20.1 Å². The lowest BCUT2D eigenvalue weighted by molar-refractivity contribution is -0.352. The van der Waals surface area contributed by atoms with Crippen molar-refractivity contribution in [3.63, 3.8) is 0 Å². The van der Waals surface area contributed by atoms with E-state index in [2.05, 4.69) is 33.2 Å². The van der Waals surface area contributed by atoms with Gasteiger partial charge >= 0.3 is 6.09 Å². The van der Waals surface area contributed by atoms with Gasteiger partial charge in [-0.1, -0.05) is 24.8 Å². The van der Waals surface area contributed by atoms with E-state index in [1.165, 1.54) is 23.1 Å². The first-order chi connectivity index (χ1) is 24.8. The maximum atomic E-state index is 14.4. The molecule has 4 aliphatic rings. The van der Waals surface area contributed by atoms with Gasteiger partial charge < -0.3 is 15.0 Å². The van der Waals surface area contributed by atoms with Crippen molar-refractivity contribution in [3.05, 3.63) is 59.8 Å². The largest absolute Gasteiger partial charge is 0.444 e. The first-order valence-corrected chi connectivity index (χ1v) is 20.1. The van der Waals surface area contributed by atoms with Crippen LogP contribution in [0.3, 0.4) is 0 Å². The Bertz CT molecular complexity index is 1870. The van der Waals surface area contributed by atoms with E-state index in [1.54, 1.807) is 26.8 Å². The average Bonchev–Trinajstić information content (AvgIpc) is 3.98. The number of amides is 4. The molecule has 2 aliphatic carbocycles. The molecule has 17 nitrogen and oxygen atoms in total. The number of sulfonamides is 2. The van der Waals surface area contributed by atoms with Gasteiger partial charge in [-0.3, -0.25) is 29.3 Å². The number of carbonyl (C=O) groups is 4. The fourth-order valence-corrected chi connectivity index (χ4v) is 8.05. The Morgan fingerprint density at radius 2 is 1.83 bits per heavy atom. The lowest BCUT2D eigenvalue weighted by Gasteiger charge is -2.30. The summed E-state index contributed by atoms with van der Waals surface area (Å²) in [5.74, 6) is -3.71. The average molecular weight is 785 g/mol. The molecular formula is C33H45FN6O11S2. The molecule has 5 rings (SSSR count). The standard InChI is InChI=1S/C33H45FN6O11S2/c1-6-21-14-33(21,30(43)38-53(47,48)23-11-12-23)37-28(41)27-13-22(50-31(44)39-16-20-9-8-10-25(34)24(20)18-39)17-40(27)29(42)26(15-36-52(45,46)7-2)35-19-49-51-32(3,4)5/h6-10,21-23,26-27,35-36H,1-2,11-19H2,3-5H3,(H,37,41)(H,38,43)/t21-,22-,26+,27+,33-/m1/s1. The van der Waals surface area contributed by atoms with Gasteiger partial charge in [0.15, 0.2) is 0 Å². The monoisotopic (exact) mass is 784 g/mol. The molecule has 53 heavy (non-hydrogen) atoms. The number of rotatable bonds is 16. The van der Waals surface area contributed by atoms with E-state index in [9.17, 15) is 40.4 Å². The summed E-state index contributed by atoms with van der Waals surface area (Å²) in [4.78, 5) is 67.7. The predicted molar refractivity (Wildman–Crippen MR) is 186 cm³/mol. The summed E-state index contributed by atoms with van der Waals surface area (Å²) < 4.78 is 74.1. The molecule has 5 atom stereocenters. The first-order valence-electron chi connectivity index (χ1n) is 17.0. The van der Waals surface area contributed by atoms with Crippen molar-refractivity contribution in [2.24, 2.45) is 5.92 Å². The molecule has 1 aromatic carbocycles. The summed E-state index contributed by atoms with van der Waals surface area (Å²) in [5, 5.41) is 5.33. The summed E-state index contributed by atoms with van der Waals surface area (Å²) >= 11 is 0. The number of fused-ring (bicyclic) bond motifs is 1. The van der Waals surface area contributed by atoms with Gasteiger partial charge in [0.25, 0.3) is 5.91 Å². The van der Waals surface area contributed by atoms with Gasteiger partial charge in [-0.2, -0.15) is 0 Å². The second-order valence-electron chi connectivity index (χ2n) is 14.4. The quantitative estimate of drug-likeness (QED) is 0.0597. The second kappa shape index (κ2) is 15.4. The number of hydrogen-bond donors (Lipinski definition) is 4. The topological polar surface area (TPSA) is 219 Å². The van der Waals surface area contributed by atoms with Crippen molar-refractivity contribution in [1.82, 2.24) is 29.9 Å². The highest BCUT2D eigenvalue weighted by atomic mass is 32.2. The van der Waals surface area contributed by atoms with E-state index >= 15 is 0 Å². The van der Waals surface area contributed by atoms with Crippen molar-refractivity contribution in [1.29, 1.82) is 0 Å². The number of halogens is 1. The molecule has 0 unspecified atom stereocenters. The van der Waals surface area contributed by atoms with Crippen molar-refractivity contribution in [3.8, 4) is 0 Å². The zero-order chi connectivity index (χ0) is 38.9. The highest BCUT2D eigenvalue weighted by Gasteiger charge is 2.62. The summed E-state index contributed by atoms with van der Waals surface area (Å²) in [6.45, 7) is 10.8. The third-order valence-corrected chi connectivity index (χ3v) is 12.1. The molecule has 20 heteroatoms. The Morgan fingerprint density at radius 1 is 1.11 bits per heavy atom. The van der Waals surface area contributed by atoms with Gasteiger partial charge in [0, 0.05) is 36.4 Å². The third-order valence-electron chi connectivity index (χ3n) is 9.25. The molecule has 4 amide bonds. The Morgan fingerprint density at radius 3 is 2.43 bits per heavy atom. The lowest BCUT2D eigenvalue weighted by Crippen LogP contribution is -2.59. The van der Waals surface area contributed by atoms with Crippen molar-refractivity contribution in [2.45, 2.75) is 94.1 Å². The van der Waals surface area contributed by atoms with E-state index < -0.39 is 103 Å². The molecule has 4 N–H and O–H groups in total. The van der Waals surface area contributed by atoms with Gasteiger partial charge in [-0.25, -0.2) is 40.5 Å². The number of nitrogens with one attached hydrogen (secondary N) is 4. The Balaban J connectivity index is 1.37. The van der Waals surface area contributed by atoms with Crippen LogP contribution in [0, 0.1) is 11.7 Å². The van der Waals surface area contributed by atoms with Crippen LogP contribution in [0.1, 0.15) is 57.6 Å². The minimum absolute atomic E-state index is 0.0397. The molecule has 292 valence electrons. The van der Waals surface area contributed by atoms with Crippen LogP contribution in [-0.2, 0) is 62.0 Å². The van der Waals surface area contributed by atoms with Gasteiger partial charge in [-0.05, 0) is 51.7 Å². The molecule has 0 spiro atoms. The van der Waals surface area contributed by atoms with E-state index in [4.69, 9.17) is 14.5 Å². The van der Waals surface area contributed by atoms with Gasteiger partial charge in [-0.15, -0.1) is 6.58 Å². The lowest BCUT2D eigenvalue weighted by atomic mass is 10.1. The van der Waals surface area contributed by atoms with Crippen molar-refractivity contribution in [2.75, 3.05) is 19.8 Å². The molecule has 2 saturated carbocycles. The number of carbonyl (C=O) groups excluding carboxylic acids is 4. The number of ether oxygens (including phenoxy) is 1. The van der Waals surface area contributed by atoms with Crippen LogP contribution in [-0.4, -0.2) is 105 Å². The van der Waals surface area contributed by atoms with Crippen LogP contribution in [0.2, 0.25) is 0 Å². The Kier molecular flexibility index (Phi) is 11.7. The normalized spacial score (nSPS) is 24.6. The summed E-state index contributed by atoms with van der Waals surface area (Å²) in [5.41, 5.74) is -1.46. The fraction of sp³-hybridized carbons (Fsp3) is 0.576. The van der Waals surface area contributed by atoms with Gasteiger partial charge in [0.2, 0.25) is 31.9 Å². The number of hydrogen-bond acceptors (Lipinski definition) is 12. The molecular weight excluding hydrogens is 740 g/mol. The van der Waals surface area contributed by atoms with Gasteiger partial charge in [0.1, 0.15) is 36.3 Å².